The number of thioether (sulfide) groups is 1. The average Bonchev–Trinajstić information content (AvgIpc) is 1.53. The van der Waals surface area contributed by atoms with Crippen molar-refractivity contribution in [2.75, 3.05) is 70.9 Å². The summed E-state index contributed by atoms with van der Waals surface area (Å²) in [5.74, 6) is -9.61. The molecule has 1 amide bonds. The van der Waals surface area contributed by atoms with Gasteiger partial charge in [0.15, 0.2) is 74.4 Å². The van der Waals surface area contributed by atoms with E-state index in [2.05, 4.69) is 5.32 Å². The number of aliphatic hydroxyl groups is 6. The molecule has 2 aromatic carbocycles. The van der Waals surface area contributed by atoms with Crippen molar-refractivity contribution < 1.29 is 168 Å². The molecular formula is C74H103NO35S. The molecule has 22 fully saturated rings. The molecule has 25 rings (SSSR count). The summed E-state index contributed by atoms with van der Waals surface area (Å²) in [6.45, 7) is 8.45. The number of esters is 7. The normalized spacial score (nSPS) is 37.6. The van der Waals surface area contributed by atoms with Crippen LogP contribution in [-0.2, 0) is 133 Å². The lowest BCUT2D eigenvalue weighted by atomic mass is 9.83. The van der Waals surface area contributed by atoms with Gasteiger partial charge in [0.2, 0.25) is 0 Å². The van der Waals surface area contributed by atoms with Crippen molar-refractivity contribution in [3.8, 4) is 11.1 Å². The van der Waals surface area contributed by atoms with Crippen molar-refractivity contribution in [2.24, 2.45) is 23.7 Å². The van der Waals surface area contributed by atoms with Crippen LogP contribution in [0, 0.1) is 23.7 Å². The second kappa shape index (κ2) is 39.8. The Kier molecular flexibility index (Phi) is 31.2. The van der Waals surface area contributed by atoms with Crippen LogP contribution in [0.25, 0.3) is 11.1 Å². The van der Waals surface area contributed by atoms with Crippen LogP contribution in [0.3, 0.4) is 0 Å². The largest absolute Gasteiger partial charge is 0.459 e. The van der Waals surface area contributed by atoms with Crippen LogP contribution in [-0.4, -0.2) is 309 Å². The third kappa shape index (κ3) is 20.6. The van der Waals surface area contributed by atoms with Crippen LogP contribution in [0.2, 0.25) is 0 Å². The van der Waals surface area contributed by atoms with E-state index >= 15 is 0 Å². The summed E-state index contributed by atoms with van der Waals surface area (Å²) in [5, 5.41) is 70.6. The summed E-state index contributed by atoms with van der Waals surface area (Å²) in [7, 11) is 0. The van der Waals surface area contributed by atoms with Crippen LogP contribution in [0.15, 0.2) is 48.5 Å². The van der Waals surface area contributed by atoms with Gasteiger partial charge in [0.1, 0.15) is 79.9 Å². The lowest BCUT2D eigenvalue weighted by Crippen LogP contribution is -2.69. The smallest absolute Gasteiger partial charge is 0.407 e. The Balaban J connectivity index is 1.01. The number of ether oxygens (including phenoxy) is 21. The molecule has 1 aliphatic carbocycles. The topological polar surface area (TPSA) is 464 Å². The minimum atomic E-state index is -2.05. The predicted molar refractivity (Wildman–Crippen MR) is 374 cm³/mol. The van der Waals surface area contributed by atoms with Crippen LogP contribution >= 0.6 is 11.8 Å². The summed E-state index contributed by atoms with van der Waals surface area (Å²) in [6, 6.07) is 15.9. The first-order valence-electron chi connectivity index (χ1n) is 37.1. The van der Waals surface area contributed by atoms with E-state index in [9.17, 15) is 69.0 Å². The molecule has 30 atom stereocenters. The molecular weight excluding hydrogens is 1490 g/mol. The number of rotatable bonds is 23. The Morgan fingerprint density at radius 3 is 1.11 bits per heavy atom. The Morgan fingerprint density at radius 2 is 0.685 bits per heavy atom. The van der Waals surface area contributed by atoms with Gasteiger partial charge in [-0.15, -0.1) is 0 Å². The van der Waals surface area contributed by atoms with Gasteiger partial charge in [-0.2, -0.15) is 11.8 Å². The molecule has 36 nitrogen and oxygen atoms in total. The number of alkyl carbamates (subject to hydrolysis) is 1. The first-order valence-corrected chi connectivity index (χ1v) is 38.3. The van der Waals surface area contributed by atoms with E-state index in [1.54, 1.807) is 27.7 Å². The lowest BCUT2D eigenvalue weighted by molar-refractivity contribution is -0.399. The maximum Gasteiger partial charge on any atom is 0.407 e. The number of nitrogens with one attached hydrogen (secondary N) is 1. The van der Waals surface area contributed by atoms with Gasteiger partial charge < -0.3 is 135 Å². The average molecular weight is 1600 g/mol. The van der Waals surface area contributed by atoms with Crippen molar-refractivity contribution in [3.63, 3.8) is 0 Å². The highest BCUT2D eigenvalue weighted by Gasteiger charge is 2.62. The fraction of sp³-hybridized carbons (Fsp3) is 0.730. The number of carbonyl (C=O) groups is 8. The first-order chi connectivity index (χ1) is 53.1. The SMILES string of the molecule is CC(=O)O[C@@H]1[C@@H](OC(C)=O)[C@H]2O[C@H]3[C@H](OC(C)=O)[C@@H](OCCCSCCNC(=O)OCC4c5ccccc5-c5ccccc54)[C@@H](O[C@H]4[C@H](OC(C)=O)[C@@H](OC(C)=O)[C@@H](O[C@H]5[C@H](OC(C)=O)[C@@H](C)[C@@H](O[C@H]6[C@H](C)[C@@H](C)[C@@H](O[C@H]7[C@H](C)[C@@H](OC(C)=O)[C@@H](O[C@@H]1[C@@H](CO)O2)O[C@@H]7CO)O[C@@H]6CO)O[C@@H]5CO)O[C@@H]4CO)O[C@@H]3CO. The van der Waals surface area contributed by atoms with E-state index in [0.717, 1.165) is 70.7 Å². The summed E-state index contributed by atoms with van der Waals surface area (Å²) in [5.41, 5.74) is 4.23. The summed E-state index contributed by atoms with van der Waals surface area (Å²) in [4.78, 5) is 107. The predicted octanol–water partition coefficient (Wildman–Crippen LogP) is 0.728. The molecule has 0 saturated carbocycles. The van der Waals surface area contributed by atoms with Crippen molar-refractivity contribution in [1.82, 2.24) is 5.32 Å². The van der Waals surface area contributed by atoms with Gasteiger partial charge in [0.25, 0.3) is 0 Å². The van der Waals surface area contributed by atoms with Crippen LogP contribution in [0.4, 0.5) is 4.79 Å². The van der Waals surface area contributed by atoms with Crippen molar-refractivity contribution in [2.45, 2.75) is 248 Å². The fourth-order valence-electron chi connectivity index (χ4n) is 15.5. The van der Waals surface area contributed by atoms with Gasteiger partial charge in [-0.25, -0.2) is 4.79 Å². The van der Waals surface area contributed by atoms with E-state index < -0.39 is 271 Å². The van der Waals surface area contributed by atoms with E-state index in [0.29, 0.717) is 11.5 Å². The van der Waals surface area contributed by atoms with Gasteiger partial charge in [-0.3, -0.25) is 33.6 Å². The van der Waals surface area contributed by atoms with Crippen LogP contribution in [0.1, 0.15) is 99.6 Å². The lowest BCUT2D eigenvalue weighted by Gasteiger charge is -2.52. The zero-order chi connectivity index (χ0) is 80.2. The highest BCUT2D eigenvalue weighted by molar-refractivity contribution is 7.99. The monoisotopic (exact) mass is 1600 g/mol. The zero-order valence-corrected chi connectivity index (χ0v) is 64.2. The Bertz CT molecular complexity index is 3420. The van der Waals surface area contributed by atoms with Crippen molar-refractivity contribution in [3.05, 3.63) is 59.7 Å². The molecule has 111 heavy (non-hydrogen) atoms. The third-order valence-corrected chi connectivity index (χ3v) is 21.8. The quantitative estimate of drug-likeness (QED) is 0.0458. The van der Waals surface area contributed by atoms with E-state index in [4.69, 9.17) is 99.5 Å². The van der Waals surface area contributed by atoms with Gasteiger partial charge in [-0.1, -0.05) is 76.2 Å². The Labute approximate surface area is 644 Å². The molecule has 620 valence electrons. The maximum atomic E-state index is 13.7. The summed E-state index contributed by atoms with van der Waals surface area (Å²) >= 11 is 1.40. The highest BCUT2D eigenvalue weighted by atomic mass is 32.2. The van der Waals surface area contributed by atoms with Crippen LogP contribution < -0.4 is 5.32 Å². The number of benzene rings is 2. The molecule has 0 aromatic heterocycles. The van der Waals surface area contributed by atoms with E-state index in [-0.39, 0.29) is 32.1 Å². The Hall–Kier alpha value is -6.41. The minimum absolute atomic E-state index is 0.0942. The third-order valence-electron chi connectivity index (χ3n) is 20.7. The van der Waals surface area contributed by atoms with Crippen molar-refractivity contribution in [1.29, 1.82) is 0 Å². The number of amides is 1. The fourth-order valence-corrected chi connectivity index (χ4v) is 16.3. The minimum Gasteiger partial charge on any atom is -0.459 e. The number of hydrogen-bond donors (Lipinski definition) is 7. The van der Waals surface area contributed by atoms with Gasteiger partial charge >= 0.3 is 47.9 Å². The number of fused-ring (bicyclic) bond motifs is 3. The van der Waals surface area contributed by atoms with Gasteiger partial charge in [0, 0.05) is 91.0 Å². The molecule has 0 unspecified atom stereocenters. The number of carbonyl (C=O) groups excluding carboxylic acids is 8. The second-order valence-corrected chi connectivity index (χ2v) is 29.7. The van der Waals surface area contributed by atoms with Crippen LogP contribution in [0.5, 0.6) is 0 Å². The van der Waals surface area contributed by atoms with Gasteiger partial charge in [0.05, 0.1) is 51.8 Å². The molecule has 0 radical (unpaired) electrons. The summed E-state index contributed by atoms with van der Waals surface area (Å²) < 4.78 is 133. The maximum absolute atomic E-state index is 13.7. The van der Waals surface area contributed by atoms with E-state index in [1.807, 2.05) is 48.5 Å². The zero-order valence-electron chi connectivity index (χ0n) is 63.4. The number of aliphatic hydroxyl groups excluding tert-OH is 6. The molecule has 0 spiro atoms. The van der Waals surface area contributed by atoms with E-state index in [1.165, 1.54) is 11.8 Å². The molecule has 7 N–H and O–H groups in total. The molecule has 37 heteroatoms. The molecule has 22 saturated heterocycles. The standard InChI is InChI=1S/C74H103NO35S/c1-32-33(2)68-99-48(25-76)54(32)105-69-35(4)56(92-36(5)82)58(50(27-78)100-69)107-72-66(97-41(10)87)64(96-40(9)86)61(53(30-81)103-72)109-71-65(90-22-16-23-111-24-21-75-74(89)91-31-47-45-19-14-12-17-43(45)44-18-13-15-20-46(44)47)62(94-38(7)84)59(51(28-79)102-71)110-73-67(98-42(11)88)63(95-39(8)85)60(52(29-80)104-73)108-70-57(93-37(6)83)34(3)55(106-68)49(26-77)101-70/h12-15,17-20,32-35,47-73,76-81H,16,21-31H2,1-11H3,(H,75,89)/t32-,33-,34+,35-,48-,49-,50-,51-,52-,53-,54+,55+,56-,57-,58-,59-,60-,61-,62+,63+,64+,65-,66-,67-,68-,69-,70-,71-,72-,73-/m1/s1. The highest BCUT2D eigenvalue weighted by Crippen LogP contribution is 2.47. The molecule has 2 aromatic rings. The number of hydrogen-bond acceptors (Lipinski definition) is 36. The van der Waals surface area contributed by atoms with Crippen molar-refractivity contribution >= 4 is 59.6 Å². The Morgan fingerprint density at radius 1 is 0.360 bits per heavy atom. The molecule has 12 bridgehead atoms. The second-order valence-electron chi connectivity index (χ2n) is 28.5. The first kappa shape index (κ1) is 87.0. The van der Waals surface area contributed by atoms with Gasteiger partial charge in [-0.05, 0) is 40.3 Å². The molecule has 22 aliphatic heterocycles. The molecule has 23 aliphatic rings. The summed E-state index contributed by atoms with van der Waals surface area (Å²) in [6.07, 6.45) is -43.7. The molecule has 22 heterocycles.